The molecular formula is C15H14N2O4. The molecule has 0 unspecified atom stereocenters. The maximum atomic E-state index is 11.1. The first kappa shape index (κ1) is 14.5. The summed E-state index contributed by atoms with van der Waals surface area (Å²) in [5.41, 5.74) is 1.51. The first-order chi connectivity index (χ1) is 10.0. The molecule has 6 nitrogen and oxygen atoms in total. The number of hydrogen-bond acceptors (Lipinski definition) is 4. The molecular weight excluding hydrogens is 272 g/mol. The summed E-state index contributed by atoms with van der Waals surface area (Å²) in [6.07, 6.45) is 0. The number of rotatable bonds is 5. The van der Waals surface area contributed by atoms with Gasteiger partial charge in [-0.1, -0.05) is 30.3 Å². The van der Waals surface area contributed by atoms with Gasteiger partial charge in [0.25, 0.3) is 0 Å². The molecule has 0 aliphatic carbocycles. The van der Waals surface area contributed by atoms with E-state index in [1.807, 2.05) is 31.2 Å². The van der Waals surface area contributed by atoms with Crippen molar-refractivity contribution in [3.05, 3.63) is 69.3 Å². The molecule has 108 valence electrons. The zero-order valence-electron chi connectivity index (χ0n) is 11.4. The fourth-order valence-corrected chi connectivity index (χ4v) is 2.05. The molecule has 0 heterocycles. The second kappa shape index (κ2) is 6.04. The van der Waals surface area contributed by atoms with Crippen molar-refractivity contribution in [3.63, 3.8) is 0 Å². The number of carboxylic acid groups (broad SMARTS) is 1. The minimum atomic E-state index is -1.32. The van der Waals surface area contributed by atoms with Crippen molar-refractivity contribution in [3.8, 4) is 0 Å². The lowest BCUT2D eigenvalue weighted by Crippen LogP contribution is -2.08. The summed E-state index contributed by atoms with van der Waals surface area (Å²) >= 11 is 0. The molecule has 2 aromatic carbocycles. The molecule has 0 fully saturated rings. The number of para-hydroxylation sites is 1. The Morgan fingerprint density at radius 2 is 1.95 bits per heavy atom. The van der Waals surface area contributed by atoms with Crippen LogP contribution in [0.25, 0.3) is 0 Å². The Bertz CT molecular complexity index is 698. The summed E-state index contributed by atoms with van der Waals surface area (Å²) in [4.78, 5) is 21.5. The van der Waals surface area contributed by atoms with Gasteiger partial charge >= 0.3 is 11.7 Å². The predicted molar refractivity (Wildman–Crippen MR) is 78.6 cm³/mol. The predicted octanol–water partition coefficient (Wildman–Crippen LogP) is 3.21. The molecule has 0 atom stereocenters. The van der Waals surface area contributed by atoms with E-state index in [-0.39, 0.29) is 11.3 Å². The number of anilines is 1. The smallest absolute Gasteiger partial charge is 0.342 e. The zero-order chi connectivity index (χ0) is 15.4. The third kappa shape index (κ3) is 3.17. The number of nitro groups is 1. The van der Waals surface area contributed by atoms with Crippen LogP contribution in [0.2, 0.25) is 0 Å². The van der Waals surface area contributed by atoms with Crippen LogP contribution in [0, 0.1) is 17.0 Å². The second-order valence-corrected chi connectivity index (χ2v) is 4.54. The summed E-state index contributed by atoms with van der Waals surface area (Å²) in [7, 11) is 0. The van der Waals surface area contributed by atoms with Crippen molar-refractivity contribution < 1.29 is 14.8 Å². The van der Waals surface area contributed by atoms with Crippen molar-refractivity contribution in [2.45, 2.75) is 13.5 Å². The maximum Gasteiger partial charge on any atom is 0.342 e. The lowest BCUT2D eigenvalue weighted by molar-refractivity contribution is -0.384. The average molecular weight is 286 g/mol. The third-order valence-corrected chi connectivity index (χ3v) is 3.18. The molecule has 0 saturated heterocycles. The van der Waals surface area contributed by atoms with E-state index < -0.39 is 16.6 Å². The molecule has 0 saturated carbocycles. The van der Waals surface area contributed by atoms with E-state index in [1.165, 1.54) is 18.2 Å². The molecule has 0 bridgehead atoms. The molecule has 2 rings (SSSR count). The van der Waals surface area contributed by atoms with Crippen LogP contribution in [0.3, 0.4) is 0 Å². The van der Waals surface area contributed by atoms with Crippen molar-refractivity contribution in [2.75, 3.05) is 5.32 Å². The zero-order valence-corrected chi connectivity index (χ0v) is 11.4. The van der Waals surface area contributed by atoms with E-state index in [0.29, 0.717) is 6.54 Å². The lowest BCUT2D eigenvalue weighted by Gasteiger charge is -2.10. The van der Waals surface area contributed by atoms with E-state index in [9.17, 15) is 14.9 Å². The summed E-state index contributed by atoms with van der Waals surface area (Å²) in [5, 5.41) is 23.1. The number of carboxylic acids is 1. The van der Waals surface area contributed by atoms with Crippen LogP contribution >= 0.6 is 0 Å². The number of hydrogen-bond donors (Lipinski definition) is 2. The molecule has 21 heavy (non-hydrogen) atoms. The van der Waals surface area contributed by atoms with Crippen molar-refractivity contribution in [1.29, 1.82) is 0 Å². The normalized spacial score (nSPS) is 10.1. The van der Waals surface area contributed by atoms with Crippen LogP contribution < -0.4 is 5.32 Å². The summed E-state index contributed by atoms with van der Waals surface area (Å²) in [6, 6.07) is 11.9. The third-order valence-electron chi connectivity index (χ3n) is 3.18. The molecule has 2 N–H and O–H groups in total. The van der Waals surface area contributed by atoms with Gasteiger partial charge in [0.05, 0.1) is 4.92 Å². The van der Waals surface area contributed by atoms with Gasteiger partial charge in [-0.2, -0.15) is 0 Å². The fraction of sp³-hybridized carbons (Fsp3) is 0.133. The molecule has 0 aliphatic rings. The van der Waals surface area contributed by atoms with Crippen molar-refractivity contribution in [2.24, 2.45) is 0 Å². The van der Waals surface area contributed by atoms with Gasteiger partial charge < -0.3 is 10.4 Å². The number of aromatic carboxylic acids is 1. The Labute approximate surface area is 121 Å². The van der Waals surface area contributed by atoms with E-state index in [1.54, 1.807) is 0 Å². The Morgan fingerprint density at radius 1 is 1.24 bits per heavy atom. The minimum absolute atomic E-state index is 0.197. The largest absolute Gasteiger partial charge is 0.477 e. The highest BCUT2D eigenvalue weighted by atomic mass is 16.6. The van der Waals surface area contributed by atoms with E-state index in [4.69, 9.17) is 5.11 Å². The summed E-state index contributed by atoms with van der Waals surface area (Å²) in [5.74, 6) is -1.32. The van der Waals surface area contributed by atoms with Gasteiger partial charge in [-0.25, -0.2) is 4.79 Å². The Hall–Kier alpha value is -2.89. The van der Waals surface area contributed by atoms with Gasteiger partial charge in [0.15, 0.2) is 0 Å². The van der Waals surface area contributed by atoms with Gasteiger partial charge in [-0.05, 0) is 30.2 Å². The number of nitrogens with one attached hydrogen (secondary N) is 1. The number of aryl methyl sites for hydroxylation is 1. The van der Waals surface area contributed by atoms with Crippen LogP contribution in [0.15, 0.2) is 42.5 Å². The molecule has 0 radical (unpaired) electrons. The molecule has 2 aromatic rings. The average Bonchev–Trinajstić information content (AvgIpc) is 2.45. The first-order valence-corrected chi connectivity index (χ1v) is 6.29. The topological polar surface area (TPSA) is 92.5 Å². The van der Waals surface area contributed by atoms with Crippen LogP contribution in [0.1, 0.15) is 21.5 Å². The molecule has 0 aromatic heterocycles. The molecule has 0 aliphatic heterocycles. The van der Waals surface area contributed by atoms with Crippen molar-refractivity contribution >= 4 is 17.3 Å². The van der Waals surface area contributed by atoms with E-state index >= 15 is 0 Å². The Kier molecular flexibility index (Phi) is 4.18. The van der Waals surface area contributed by atoms with Gasteiger partial charge in [-0.3, -0.25) is 10.1 Å². The van der Waals surface area contributed by atoms with Crippen LogP contribution in [0.5, 0.6) is 0 Å². The van der Waals surface area contributed by atoms with Crippen molar-refractivity contribution in [1.82, 2.24) is 0 Å². The Morgan fingerprint density at radius 3 is 2.57 bits per heavy atom. The monoisotopic (exact) mass is 286 g/mol. The fourth-order valence-electron chi connectivity index (χ4n) is 2.05. The van der Waals surface area contributed by atoms with Gasteiger partial charge in [0.2, 0.25) is 0 Å². The molecule has 0 amide bonds. The number of carbonyl (C=O) groups is 1. The molecule has 0 spiro atoms. The second-order valence-electron chi connectivity index (χ2n) is 4.54. The van der Waals surface area contributed by atoms with Crippen LogP contribution in [0.4, 0.5) is 11.4 Å². The SMILES string of the molecule is Cc1ccccc1CNc1cccc(C(=O)O)c1[N+](=O)[O-]. The highest BCUT2D eigenvalue weighted by molar-refractivity contribution is 5.95. The van der Waals surface area contributed by atoms with E-state index in [0.717, 1.165) is 11.1 Å². The van der Waals surface area contributed by atoms with Crippen LogP contribution in [-0.4, -0.2) is 16.0 Å². The van der Waals surface area contributed by atoms with Gasteiger partial charge in [0.1, 0.15) is 11.3 Å². The maximum absolute atomic E-state index is 11.1. The standard InChI is InChI=1S/C15H14N2O4/c1-10-5-2-3-6-11(10)9-16-13-8-4-7-12(15(18)19)14(13)17(20)21/h2-8,16H,9H2,1H3,(H,18,19). The summed E-state index contributed by atoms with van der Waals surface area (Å²) < 4.78 is 0. The number of nitrogens with zero attached hydrogens (tertiary/aromatic N) is 1. The molecule has 6 heteroatoms. The highest BCUT2D eigenvalue weighted by Crippen LogP contribution is 2.29. The highest BCUT2D eigenvalue weighted by Gasteiger charge is 2.23. The quantitative estimate of drug-likeness (QED) is 0.650. The first-order valence-electron chi connectivity index (χ1n) is 6.29. The lowest BCUT2D eigenvalue weighted by atomic mass is 10.1. The number of nitro benzene ring substituents is 1. The number of benzene rings is 2. The van der Waals surface area contributed by atoms with E-state index in [2.05, 4.69) is 5.32 Å². The van der Waals surface area contributed by atoms with Gasteiger partial charge in [0, 0.05) is 6.54 Å². The summed E-state index contributed by atoms with van der Waals surface area (Å²) in [6.45, 7) is 2.33. The Balaban J connectivity index is 2.32. The van der Waals surface area contributed by atoms with Crippen LogP contribution in [-0.2, 0) is 6.54 Å². The van der Waals surface area contributed by atoms with Gasteiger partial charge in [-0.15, -0.1) is 0 Å². The minimum Gasteiger partial charge on any atom is -0.477 e.